The number of rotatable bonds is 3. The molecule has 0 unspecified atom stereocenters. The van der Waals surface area contributed by atoms with Crippen molar-refractivity contribution in [1.82, 2.24) is 4.90 Å². The quantitative estimate of drug-likeness (QED) is 0.874. The van der Waals surface area contributed by atoms with Crippen LogP contribution in [0.1, 0.15) is 27.6 Å². The molecule has 6 heteroatoms. The molecule has 0 bridgehead atoms. The van der Waals surface area contributed by atoms with Crippen LogP contribution in [-0.4, -0.2) is 36.4 Å². The largest absolute Gasteiger partial charge is 0.491 e. The highest BCUT2D eigenvalue weighted by Crippen LogP contribution is 2.26. The Morgan fingerprint density at radius 2 is 2.00 bits per heavy atom. The Morgan fingerprint density at radius 1 is 1.25 bits per heavy atom. The Bertz CT molecular complexity index is 774. The summed E-state index contributed by atoms with van der Waals surface area (Å²) in [7, 11) is 0. The number of hydrogen-bond donors (Lipinski definition) is 1. The second-order valence-electron chi connectivity index (χ2n) is 5.41. The number of carbonyl (C=O) groups excluding carboxylic acids is 2. The van der Waals surface area contributed by atoms with Crippen molar-refractivity contribution in [2.24, 2.45) is 0 Å². The van der Waals surface area contributed by atoms with Crippen molar-refractivity contribution < 1.29 is 14.3 Å². The van der Waals surface area contributed by atoms with E-state index in [9.17, 15) is 9.59 Å². The van der Waals surface area contributed by atoms with Crippen LogP contribution in [0.3, 0.4) is 0 Å². The number of carbonyl (C=O) groups is 2. The normalized spacial score (nSPS) is 13.8. The van der Waals surface area contributed by atoms with Crippen LogP contribution >= 0.6 is 15.9 Å². The number of ether oxygens (including phenoxy) is 1. The van der Waals surface area contributed by atoms with Crippen LogP contribution in [0.4, 0.5) is 5.69 Å². The highest BCUT2D eigenvalue weighted by atomic mass is 79.9. The number of likely N-dealkylation sites (N-methyl/N-ethyl adjacent to an activating group) is 1. The zero-order valence-corrected chi connectivity index (χ0v) is 14.8. The topological polar surface area (TPSA) is 58.6 Å². The number of amides is 2. The summed E-state index contributed by atoms with van der Waals surface area (Å²) in [6, 6.07) is 12.2. The van der Waals surface area contributed by atoms with Crippen molar-refractivity contribution in [3.63, 3.8) is 0 Å². The molecule has 1 aliphatic rings. The fourth-order valence-corrected chi connectivity index (χ4v) is 2.81. The molecule has 124 valence electrons. The first-order chi connectivity index (χ1) is 11.6. The van der Waals surface area contributed by atoms with Gasteiger partial charge in [0.2, 0.25) is 0 Å². The molecule has 2 amide bonds. The van der Waals surface area contributed by atoms with E-state index in [2.05, 4.69) is 21.2 Å². The smallest absolute Gasteiger partial charge is 0.257 e. The lowest BCUT2D eigenvalue weighted by molar-refractivity contribution is 0.0764. The summed E-state index contributed by atoms with van der Waals surface area (Å²) in [5, 5.41) is 2.82. The van der Waals surface area contributed by atoms with E-state index in [1.165, 1.54) is 0 Å². The molecule has 0 aliphatic carbocycles. The Labute approximate surface area is 148 Å². The summed E-state index contributed by atoms with van der Waals surface area (Å²) in [4.78, 5) is 26.6. The van der Waals surface area contributed by atoms with Gasteiger partial charge in [-0.15, -0.1) is 0 Å². The molecule has 1 aliphatic heterocycles. The minimum absolute atomic E-state index is 0.0789. The van der Waals surface area contributed by atoms with Gasteiger partial charge in [-0.2, -0.15) is 0 Å². The Morgan fingerprint density at radius 3 is 2.71 bits per heavy atom. The Kier molecular flexibility index (Phi) is 4.85. The molecule has 0 saturated heterocycles. The van der Waals surface area contributed by atoms with Crippen LogP contribution in [-0.2, 0) is 0 Å². The second-order valence-corrected chi connectivity index (χ2v) is 6.32. The molecule has 0 atom stereocenters. The Hall–Kier alpha value is -2.34. The molecule has 2 aromatic carbocycles. The average molecular weight is 389 g/mol. The van der Waals surface area contributed by atoms with Gasteiger partial charge >= 0.3 is 0 Å². The summed E-state index contributed by atoms with van der Waals surface area (Å²) < 4.78 is 6.54. The van der Waals surface area contributed by atoms with Crippen molar-refractivity contribution in [1.29, 1.82) is 0 Å². The van der Waals surface area contributed by atoms with Crippen LogP contribution in [0.2, 0.25) is 0 Å². The number of hydrogen-bond acceptors (Lipinski definition) is 3. The SMILES string of the molecule is CCN1CCOc2ccc(NC(=O)c3ccc(Br)cc3)cc2C1=O. The molecule has 5 nitrogen and oxygen atoms in total. The molecule has 0 saturated carbocycles. The molecular formula is C18H17BrN2O3. The molecule has 1 N–H and O–H groups in total. The highest BCUT2D eigenvalue weighted by molar-refractivity contribution is 9.10. The third-order valence-corrected chi connectivity index (χ3v) is 4.39. The van der Waals surface area contributed by atoms with Crippen molar-refractivity contribution in [2.45, 2.75) is 6.92 Å². The fourth-order valence-electron chi connectivity index (χ4n) is 2.54. The maximum absolute atomic E-state index is 12.5. The molecule has 0 fully saturated rings. The minimum Gasteiger partial charge on any atom is -0.491 e. The predicted octanol–water partition coefficient (Wildman–Crippen LogP) is 3.56. The monoisotopic (exact) mass is 388 g/mol. The summed E-state index contributed by atoms with van der Waals surface area (Å²) in [6.07, 6.45) is 0. The van der Waals surface area contributed by atoms with Gasteiger partial charge in [-0.1, -0.05) is 15.9 Å². The van der Waals surface area contributed by atoms with Crippen LogP contribution < -0.4 is 10.1 Å². The predicted molar refractivity (Wildman–Crippen MR) is 95.6 cm³/mol. The molecule has 0 aromatic heterocycles. The molecule has 0 radical (unpaired) electrons. The zero-order valence-electron chi connectivity index (χ0n) is 13.2. The number of fused-ring (bicyclic) bond motifs is 1. The molecular weight excluding hydrogens is 372 g/mol. The van der Waals surface area contributed by atoms with E-state index < -0.39 is 0 Å². The van der Waals surface area contributed by atoms with E-state index in [0.29, 0.717) is 42.3 Å². The lowest BCUT2D eigenvalue weighted by Crippen LogP contribution is -2.32. The van der Waals surface area contributed by atoms with Crippen molar-refractivity contribution in [3.05, 3.63) is 58.1 Å². The number of nitrogens with zero attached hydrogens (tertiary/aromatic N) is 1. The van der Waals surface area contributed by atoms with E-state index in [1.807, 2.05) is 19.1 Å². The fraction of sp³-hybridized carbons (Fsp3) is 0.222. The zero-order chi connectivity index (χ0) is 17.1. The first kappa shape index (κ1) is 16.5. The van der Waals surface area contributed by atoms with Gasteiger partial charge in [-0.05, 0) is 49.4 Å². The maximum Gasteiger partial charge on any atom is 0.257 e. The third-order valence-electron chi connectivity index (χ3n) is 3.86. The summed E-state index contributed by atoms with van der Waals surface area (Å²) in [5.74, 6) is 0.249. The van der Waals surface area contributed by atoms with Gasteiger partial charge in [0, 0.05) is 22.3 Å². The first-order valence-corrected chi connectivity index (χ1v) is 8.51. The lowest BCUT2D eigenvalue weighted by atomic mass is 10.1. The van der Waals surface area contributed by atoms with Crippen LogP contribution in [0.25, 0.3) is 0 Å². The Balaban J connectivity index is 1.84. The number of halogens is 1. The number of benzene rings is 2. The van der Waals surface area contributed by atoms with Crippen molar-refractivity contribution in [2.75, 3.05) is 25.0 Å². The van der Waals surface area contributed by atoms with E-state index >= 15 is 0 Å². The number of anilines is 1. The van der Waals surface area contributed by atoms with E-state index in [4.69, 9.17) is 4.74 Å². The summed E-state index contributed by atoms with van der Waals surface area (Å²) in [5.41, 5.74) is 1.59. The molecule has 1 heterocycles. The minimum atomic E-state index is -0.225. The van der Waals surface area contributed by atoms with Crippen LogP contribution in [0.15, 0.2) is 46.9 Å². The lowest BCUT2D eigenvalue weighted by Gasteiger charge is -2.17. The van der Waals surface area contributed by atoms with E-state index in [-0.39, 0.29) is 11.8 Å². The average Bonchev–Trinajstić information content (AvgIpc) is 2.74. The number of nitrogens with one attached hydrogen (secondary N) is 1. The standard InChI is InChI=1S/C18H17BrN2O3/c1-2-21-9-10-24-16-8-7-14(11-15(16)18(21)23)20-17(22)12-3-5-13(19)6-4-12/h3-8,11H,2,9-10H2,1H3,(H,20,22). The van der Waals surface area contributed by atoms with Gasteiger partial charge in [-0.3, -0.25) is 9.59 Å². The van der Waals surface area contributed by atoms with Gasteiger partial charge in [0.25, 0.3) is 11.8 Å². The van der Waals surface area contributed by atoms with Crippen LogP contribution in [0, 0.1) is 0 Å². The third kappa shape index (κ3) is 3.43. The van der Waals surface area contributed by atoms with Crippen LogP contribution in [0.5, 0.6) is 5.75 Å². The van der Waals surface area contributed by atoms with E-state index in [0.717, 1.165) is 4.47 Å². The van der Waals surface area contributed by atoms with Gasteiger partial charge in [-0.25, -0.2) is 0 Å². The van der Waals surface area contributed by atoms with Gasteiger partial charge in [0.05, 0.1) is 12.1 Å². The first-order valence-electron chi connectivity index (χ1n) is 7.71. The highest BCUT2D eigenvalue weighted by Gasteiger charge is 2.23. The van der Waals surface area contributed by atoms with E-state index in [1.54, 1.807) is 35.2 Å². The van der Waals surface area contributed by atoms with Gasteiger partial charge in [0.1, 0.15) is 12.4 Å². The van der Waals surface area contributed by atoms with Gasteiger partial charge < -0.3 is 15.0 Å². The summed E-state index contributed by atoms with van der Waals surface area (Å²) in [6.45, 7) is 3.58. The van der Waals surface area contributed by atoms with Crippen molar-refractivity contribution >= 4 is 33.4 Å². The molecule has 2 aromatic rings. The molecule has 0 spiro atoms. The van der Waals surface area contributed by atoms with Crippen molar-refractivity contribution in [3.8, 4) is 5.75 Å². The molecule has 24 heavy (non-hydrogen) atoms. The van der Waals surface area contributed by atoms with Gasteiger partial charge in [0.15, 0.2) is 0 Å². The second kappa shape index (κ2) is 7.05. The maximum atomic E-state index is 12.5. The molecule has 3 rings (SSSR count). The summed E-state index contributed by atoms with van der Waals surface area (Å²) >= 11 is 3.34.